The molecule has 0 aliphatic rings. The van der Waals surface area contributed by atoms with Gasteiger partial charge < -0.3 is 20.1 Å². The second-order valence-electron chi connectivity index (χ2n) is 5.54. The molecule has 0 bridgehead atoms. The molecular formula is C19H19FN4O2S. The molecule has 0 spiro atoms. The molecule has 0 unspecified atom stereocenters. The first-order valence-electron chi connectivity index (χ1n) is 8.11. The normalized spacial score (nSPS) is 10.3. The zero-order valence-electron chi connectivity index (χ0n) is 14.9. The van der Waals surface area contributed by atoms with Gasteiger partial charge in [0, 0.05) is 10.9 Å². The summed E-state index contributed by atoms with van der Waals surface area (Å²) in [5.41, 5.74) is 2.16. The number of hydrogen-bond acceptors (Lipinski definition) is 5. The third-order valence-electron chi connectivity index (χ3n) is 3.83. The number of methoxy groups -OCH3 is 2. The van der Waals surface area contributed by atoms with Crippen molar-refractivity contribution in [1.82, 2.24) is 10.3 Å². The molecule has 6 nitrogen and oxygen atoms in total. The molecule has 0 radical (unpaired) electrons. The van der Waals surface area contributed by atoms with Gasteiger partial charge in [-0.25, -0.2) is 9.37 Å². The maximum absolute atomic E-state index is 13.4. The molecule has 3 aromatic rings. The first kappa shape index (κ1) is 18.7. The zero-order valence-corrected chi connectivity index (χ0v) is 15.7. The van der Waals surface area contributed by atoms with E-state index in [1.807, 2.05) is 23.6 Å². The van der Waals surface area contributed by atoms with E-state index < -0.39 is 0 Å². The molecule has 0 fully saturated rings. The molecule has 3 N–H and O–H groups in total. The van der Waals surface area contributed by atoms with E-state index >= 15 is 0 Å². The van der Waals surface area contributed by atoms with Gasteiger partial charge >= 0.3 is 0 Å². The number of thiazole rings is 1. The summed E-state index contributed by atoms with van der Waals surface area (Å²) in [6, 6.07) is 11.8. The SMILES string of the molecule is COc1cccc(OC)c1CNC(=N)Nc1nc(-c2cccc(F)c2)cs1. The summed E-state index contributed by atoms with van der Waals surface area (Å²) in [4.78, 5) is 4.39. The van der Waals surface area contributed by atoms with E-state index in [1.54, 1.807) is 26.4 Å². The van der Waals surface area contributed by atoms with Crippen LogP contribution >= 0.6 is 11.3 Å². The van der Waals surface area contributed by atoms with Crippen molar-refractivity contribution in [2.45, 2.75) is 6.54 Å². The predicted molar refractivity (Wildman–Crippen MR) is 105 cm³/mol. The first-order valence-corrected chi connectivity index (χ1v) is 8.99. The van der Waals surface area contributed by atoms with Crippen LogP contribution in [0.25, 0.3) is 11.3 Å². The summed E-state index contributed by atoms with van der Waals surface area (Å²) < 4.78 is 24.0. The Kier molecular flexibility index (Phi) is 5.87. The van der Waals surface area contributed by atoms with Gasteiger partial charge in [0.2, 0.25) is 0 Å². The minimum absolute atomic E-state index is 0.0862. The van der Waals surface area contributed by atoms with Gasteiger partial charge in [-0.1, -0.05) is 18.2 Å². The lowest BCUT2D eigenvalue weighted by molar-refractivity contribution is 0.384. The van der Waals surface area contributed by atoms with Gasteiger partial charge in [-0.3, -0.25) is 5.41 Å². The molecule has 0 atom stereocenters. The second-order valence-corrected chi connectivity index (χ2v) is 6.40. The lowest BCUT2D eigenvalue weighted by atomic mass is 10.1. The number of hydrogen-bond donors (Lipinski definition) is 3. The molecule has 0 saturated heterocycles. The highest BCUT2D eigenvalue weighted by Gasteiger charge is 2.11. The third-order valence-corrected chi connectivity index (χ3v) is 4.59. The summed E-state index contributed by atoms with van der Waals surface area (Å²) in [7, 11) is 3.18. The highest BCUT2D eigenvalue weighted by atomic mass is 32.1. The molecule has 0 aliphatic carbocycles. The molecule has 0 aliphatic heterocycles. The van der Waals surface area contributed by atoms with Crippen LogP contribution in [0.4, 0.5) is 9.52 Å². The lowest BCUT2D eigenvalue weighted by Crippen LogP contribution is -2.29. The lowest BCUT2D eigenvalue weighted by Gasteiger charge is -2.14. The molecule has 0 saturated carbocycles. The number of nitrogens with zero attached hydrogens (tertiary/aromatic N) is 1. The Morgan fingerprint density at radius 1 is 1.15 bits per heavy atom. The van der Waals surface area contributed by atoms with Crippen LogP contribution in [0.15, 0.2) is 47.8 Å². The minimum Gasteiger partial charge on any atom is -0.496 e. The summed E-state index contributed by atoms with van der Waals surface area (Å²) in [6.07, 6.45) is 0. The van der Waals surface area contributed by atoms with E-state index in [0.717, 1.165) is 5.56 Å². The molecule has 27 heavy (non-hydrogen) atoms. The van der Waals surface area contributed by atoms with Crippen molar-refractivity contribution in [2.24, 2.45) is 0 Å². The molecular weight excluding hydrogens is 367 g/mol. The summed E-state index contributed by atoms with van der Waals surface area (Å²) >= 11 is 1.34. The van der Waals surface area contributed by atoms with Gasteiger partial charge in [0.05, 0.1) is 32.0 Å². The summed E-state index contributed by atoms with van der Waals surface area (Å²) in [6.45, 7) is 0.348. The fourth-order valence-corrected chi connectivity index (χ4v) is 3.27. The topological polar surface area (TPSA) is 79.3 Å². The smallest absolute Gasteiger partial charge is 0.195 e. The van der Waals surface area contributed by atoms with Crippen LogP contribution in [0, 0.1) is 11.2 Å². The van der Waals surface area contributed by atoms with E-state index in [9.17, 15) is 4.39 Å². The number of benzene rings is 2. The number of rotatable bonds is 6. The predicted octanol–water partition coefficient (Wildman–Crippen LogP) is 4.10. The van der Waals surface area contributed by atoms with Crippen molar-refractivity contribution >= 4 is 22.4 Å². The Bertz CT molecular complexity index is 923. The fourth-order valence-electron chi connectivity index (χ4n) is 2.54. The molecule has 140 valence electrons. The van der Waals surface area contributed by atoms with Gasteiger partial charge in [-0.05, 0) is 24.3 Å². The van der Waals surface area contributed by atoms with Crippen LogP contribution in [0.1, 0.15) is 5.56 Å². The molecule has 2 aromatic carbocycles. The van der Waals surface area contributed by atoms with E-state index in [2.05, 4.69) is 15.6 Å². The van der Waals surface area contributed by atoms with Crippen molar-refractivity contribution in [1.29, 1.82) is 5.41 Å². The van der Waals surface area contributed by atoms with Crippen molar-refractivity contribution in [3.8, 4) is 22.8 Å². The number of halogens is 1. The highest BCUT2D eigenvalue weighted by molar-refractivity contribution is 7.14. The Balaban J connectivity index is 1.64. The minimum atomic E-state index is -0.310. The number of nitrogens with one attached hydrogen (secondary N) is 3. The molecule has 0 amide bonds. The largest absolute Gasteiger partial charge is 0.496 e. The van der Waals surface area contributed by atoms with Crippen LogP contribution in [0.3, 0.4) is 0 Å². The van der Waals surface area contributed by atoms with Gasteiger partial charge in [-0.15, -0.1) is 11.3 Å². The second kappa shape index (κ2) is 8.50. The van der Waals surface area contributed by atoms with Crippen molar-refractivity contribution in [2.75, 3.05) is 19.5 Å². The van der Waals surface area contributed by atoms with Crippen molar-refractivity contribution in [3.63, 3.8) is 0 Å². The third kappa shape index (κ3) is 4.53. The molecule has 8 heteroatoms. The Labute approximate surface area is 160 Å². The molecule has 3 rings (SSSR count). The average molecular weight is 386 g/mol. The molecule has 1 heterocycles. The highest BCUT2D eigenvalue weighted by Crippen LogP contribution is 2.28. The Morgan fingerprint density at radius 2 is 1.85 bits per heavy atom. The number of ether oxygens (including phenoxy) is 2. The number of aromatic nitrogens is 1. The van der Waals surface area contributed by atoms with E-state index in [0.29, 0.717) is 34.4 Å². The van der Waals surface area contributed by atoms with Crippen LogP contribution in [0.5, 0.6) is 11.5 Å². The Hall–Kier alpha value is -3.13. The van der Waals surface area contributed by atoms with E-state index in [-0.39, 0.29) is 11.8 Å². The van der Waals surface area contributed by atoms with E-state index in [4.69, 9.17) is 14.9 Å². The van der Waals surface area contributed by atoms with Gasteiger partial charge in [0.15, 0.2) is 11.1 Å². The summed E-state index contributed by atoms with van der Waals surface area (Å²) in [5.74, 6) is 1.13. The van der Waals surface area contributed by atoms with Crippen LogP contribution in [-0.2, 0) is 6.54 Å². The maximum atomic E-state index is 13.4. The monoisotopic (exact) mass is 386 g/mol. The Morgan fingerprint density at radius 3 is 2.52 bits per heavy atom. The zero-order chi connectivity index (χ0) is 19.2. The van der Waals surface area contributed by atoms with Crippen molar-refractivity contribution in [3.05, 3.63) is 59.2 Å². The number of anilines is 1. The van der Waals surface area contributed by atoms with Crippen LogP contribution in [0.2, 0.25) is 0 Å². The van der Waals surface area contributed by atoms with Crippen LogP contribution < -0.4 is 20.1 Å². The van der Waals surface area contributed by atoms with Gasteiger partial charge in [0.25, 0.3) is 0 Å². The average Bonchev–Trinajstić information content (AvgIpc) is 3.14. The van der Waals surface area contributed by atoms with Crippen LogP contribution in [-0.4, -0.2) is 25.2 Å². The quantitative estimate of drug-likeness (QED) is 0.439. The fraction of sp³-hybridized carbons (Fsp3) is 0.158. The van der Waals surface area contributed by atoms with Gasteiger partial charge in [-0.2, -0.15) is 0 Å². The summed E-state index contributed by atoms with van der Waals surface area (Å²) in [5, 5.41) is 16.3. The standard InChI is InChI=1S/C19H19FN4O2S/c1-25-16-7-4-8-17(26-2)14(16)10-22-18(21)24-19-23-15(11-27-19)12-5-3-6-13(20)9-12/h3-9,11H,10H2,1-2H3,(H3,21,22,23,24). The maximum Gasteiger partial charge on any atom is 0.195 e. The van der Waals surface area contributed by atoms with Crippen molar-refractivity contribution < 1.29 is 13.9 Å². The van der Waals surface area contributed by atoms with E-state index in [1.165, 1.54) is 23.5 Å². The first-order chi connectivity index (χ1) is 13.1. The number of guanidine groups is 1. The molecule has 1 aromatic heterocycles. The van der Waals surface area contributed by atoms with Gasteiger partial charge in [0.1, 0.15) is 17.3 Å².